The van der Waals surface area contributed by atoms with E-state index < -0.39 is 0 Å². The molecule has 0 radical (unpaired) electrons. The van der Waals surface area contributed by atoms with Crippen LogP contribution in [-0.4, -0.2) is 62.7 Å². The fourth-order valence-corrected chi connectivity index (χ4v) is 3.92. The topological polar surface area (TPSA) is 47.0 Å². The highest BCUT2D eigenvalue weighted by atomic mass is 127. The minimum absolute atomic E-state index is 0. The van der Waals surface area contributed by atoms with Crippen molar-refractivity contribution in [3.05, 3.63) is 41.4 Å². The molecule has 1 fully saturated rings. The summed E-state index contributed by atoms with van der Waals surface area (Å²) >= 11 is 1.81. The largest absolute Gasteiger partial charge is 0.362 e. The summed E-state index contributed by atoms with van der Waals surface area (Å²) in [6, 6.07) is 8.40. The lowest BCUT2D eigenvalue weighted by molar-refractivity contribution is 0.373. The first-order valence-electron chi connectivity index (χ1n) is 9.12. The molecule has 2 aromatic rings. The molecule has 27 heavy (non-hydrogen) atoms. The number of aliphatic imine (C=N–C) groups is 1. The van der Waals surface area contributed by atoms with Crippen LogP contribution in [0.2, 0.25) is 0 Å². The monoisotopic (exact) mass is 500 g/mol. The first-order chi connectivity index (χ1) is 12.7. The number of thiophene rings is 1. The summed E-state index contributed by atoms with van der Waals surface area (Å²) < 4.78 is 0. The van der Waals surface area contributed by atoms with Gasteiger partial charge in [0.15, 0.2) is 5.96 Å². The van der Waals surface area contributed by atoms with E-state index in [9.17, 15) is 0 Å². The Morgan fingerprint density at radius 2 is 2.00 bits per heavy atom. The van der Waals surface area contributed by atoms with E-state index in [0.717, 1.165) is 50.1 Å². The van der Waals surface area contributed by atoms with Crippen LogP contribution in [0.15, 0.2) is 40.8 Å². The van der Waals surface area contributed by atoms with Crippen LogP contribution in [-0.2, 0) is 6.54 Å². The molecule has 0 bridgehead atoms. The number of rotatable bonds is 5. The van der Waals surface area contributed by atoms with Crippen LogP contribution in [0, 0.1) is 0 Å². The minimum Gasteiger partial charge on any atom is -0.362 e. The molecule has 1 N–H and O–H groups in total. The maximum atomic E-state index is 4.89. The smallest absolute Gasteiger partial charge is 0.194 e. The first-order valence-corrected chi connectivity index (χ1v) is 10.00. The van der Waals surface area contributed by atoms with Crippen LogP contribution in [0.5, 0.6) is 0 Å². The number of anilines is 2. The standard InChI is InChI=1S/C19H28N6S.HI/c1-4-20-19(22-15-16-7-5-9-21-18(16)23(2)3)25-12-10-24(11-13-25)17-8-6-14-26-17;/h5-9,14H,4,10-13,15H2,1-3H3,(H,20,22);1H. The second-order valence-corrected chi connectivity index (χ2v) is 7.40. The predicted molar refractivity (Wildman–Crippen MR) is 127 cm³/mol. The zero-order valence-electron chi connectivity index (χ0n) is 16.3. The van der Waals surface area contributed by atoms with E-state index in [2.05, 4.69) is 50.6 Å². The molecule has 3 rings (SSSR count). The van der Waals surface area contributed by atoms with Crippen LogP contribution in [0.1, 0.15) is 12.5 Å². The lowest BCUT2D eigenvalue weighted by atomic mass is 10.2. The Kier molecular flexibility index (Phi) is 8.62. The van der Waals surface area contributed by atoms with E-state index in [1.807, 2.05) is 42.6 Å². The Labute approximate surface area is 183 Å². The van der Waals surface area contributed by atoms with Gasteiger partial charge in [-0.05, 0) is 30.5 Å². The van der Waals surface area contributed by atoms with Crippen LogP contribution in [0.4, 0.5) is 10.8 Å². The van der Waals surface area contributed by atoms with Crippen molar-refractivity contribution in [1.29, 1.82) is 0 Å². The van der Waals surface area contributed by atoms with Crippen LogP contribution in [0.3, 0.4) is 0 Å². The van der Waals surface area contributed by atoms with Crippen molar-refractivity contribution in [1.82, 2.24) is 15.2 Å². The van der Waals surface area contributed by atoms with Crippen molar-refractivity contribution in [2.75, 3.05) is 56.6 Å². The number of nitrogens with zero attached hydrogens (tertiary/aromatic N) is 5. The molecule has 0 aromatic carbocycles. The van der Waals surface area contributed by atoms with Gasteiger partial charge in [0, 0.05) is 58.6 Å². The summed E-state index contributed by atoms with van der Waals surface area (Å²) in [5.74, 6) is 1.97. The maximum Gasteiger partial charge on any atom is 0.194 e. The third-order valence-corrected chi connectivity index (χ3v) is 5.35. The summed E-state index contributed by atoms with van der Waals surface area (Å²) in [6.07, 6.45) is 1.83. The van der Waals surface area contributed by atoms with Crippen molar-refractivity contribution in [3.63, 3.8) is 0 Å². The third-order valence-electron chi connectivity index (χ3n) is 4.42. The Morgan fingerprint density at radius 1 is 1.22 bits per heavy atom. The van der Waals surface area contributed by atoms with E-state index >= 15 is 0 Å². The highest BCUT2D eigenvalue weighted by Gasteiger charge is 2.20. The van der Waals surface area contributed by atoms with Crippen LogP contribution >= 0.6 is 35.3 Å². The van der Waals surface area contributed by atoms with Crippen LogP contribution < -0.4 is 15.1 Å². The quantitative estimate of drug-likeness (QED) is 0.389. The average molecular weight is 500 g/mol. The van der Waals surface area contributed by atoms with Crippen molar-refractivity contribution in [2.45, 2.75) is 13.5 Å². The Bertz CT molecular complexity index is 711. The third kappa shape index (κ3) is 5.71. The van der Waals surface area contributed by atoms with E-state index in [1.54, 1.807) is 0 Å². The Morgan fingerprint density at radius 3 is 2.63 bits per heavy atom. The molecule has 0 unspecified atom stereocenters. The number of halogens is 1. The molecule has 0 aliphatic carbocycles. The molecular formula is C19H29IN6S. The zero-order chi connectivity index (χ0) is 18.4. The molecule has 1 saturated heterocycles. The second-order valence-electron chi connectivity index (χ2n) is 6.48. The number of nitrogens with one attached hydrogen (secondary N) is 1. The second kappa shape index (κ2) is 10.7. The van der Waals surface area contributed by atoms with E-state index in [0.29, 0.717) is 6.54 Å². The van der Waals surface area contributed by atoms with Gasteiger partial charge in [-0.1, -0.05) is 6.07 Å². The molecule has 1 aliphatic rings. The molecule has 3 heterocycles. The molecule has 2 aromatic heterocycles. The van der Waals surface area contributed by atoms with Gasteiger partial charge >= 0.3 is 0 Å². The number of piperazine rings is 1. The number of aromatic nitrogens is 1. The summed E-state index contributed by atoms with van der Waals surface area (Å²) in [5, 5.41) is 6.95. The van der Waals surface area contributed by atoms with Gasteiger partial charge in [-0.15, -0.1) is 35.3 Å². The molecule has 6 nitrogen and oxygen atoms in total. The predicted octanol–water partition coefficient (Wildman–Crippen LogP) is 3.11. The highest BCUT2D eigenvalue weighted by Crippen LogP contribution is 2.22. The maximum absolute atomic E-state index is 4.89. The number of hydrogen-bond acceptors (Lipinski definition) is 5. The van der Waals surface area contributed by atoms with Gasteiger partial charge in [-0.25, -0.2) is 9.98 Å². The first kappa shape index (κ1) is 21.7. The van der Waals surface area contributed by atoms with Crippen molar-refractivity contribution >= 4 is 52.1 Å². The minimum atomic E-state index is 0. The number of pyridine rings is 1. The highest BCUT2D eigenvalue weighted by molar-refractivity contribution is 14.0. The molecule has 0 spiro atoms. The normalized spacial score (nSPS) is 14.7. The molecule has 1 aliphatic heterocycles. The number of hydrogen-bond donors (Lipinski definition) is 1. The molecule has 148 valence electrons. The van der Waals surface area contributed by atoms with Gasteiger partial charge in [0.25, 0.3) is 0 Å². The summed E-state index contributed by atoms with van der Waals surface area (Å²) in [4.78, 5) is 16.2. The molecule has 8 heteroatoms. The van der Waals surface area contributed by atoms with Gasteiger partial charge < -0.3 is 20.0 Å². The van der Waals surface area contributed by atoms with E-state index in [1.165, 1.54) is 5.00 Å². The van der Waals surface area contributed by atoms with Crippen LogP contribution in [0.25, 0.3) is 0 Å². The fourth-order valence-electron chi connectivity index (χ4n) is 3.13. The molecule has 0 saturated carbocycles. The SMILES string of the molecule is CCNC(=NCc1cccnc1N(C)C)N1CCN(c2cccs2)CC1.I. The van der Waals surface area contributed by atoms with Gasteiger partial charge in [-0.3, -0.25) is 0 Å². The van der Waals surface area contributed by atoms with E-state index in [-0.39, 0.29) is 24.0 Å². The number of guanidine groups is 1. The fraction of sp³-hybridized carbons (Fsp3) is 0.474. The van der Waals surface area contributed by atoms with E-state index in [4.69, 9.17) is 4.99 Å². The van der Waals surface area contributed by atoms with Gasteiger partial charge in [0.1, 0.15) is 5.82 Å². The summed E-state index contributed by atoms with van der Waals surface area (Å²) in [6.45, 7) is 7.65. The Hall–Kier alpha value is -1.55. The van der Waals surface area contributed by atoms with Crippen molar-refractivity contribution in [3.8, 4) is 0 Å². The average Bonchev–Trinajstić information content (AvgIpc) is 3.20. The van der Waals surface area contributed by atoms with Gasteiger partial charge in [0.05, 0.1) is 11.5 Å². The van der Waals surface area contributed by atoms with Crippen molar-refractivity contribution < 1.29 is 0 Å². The van der Waals surface area contributed by atoms with Gasteiger partial charge in [-0.2, -0.15) is 0 Å². The Balaban J connectivity index is 0.00000261. The molecule has 0 atom stereocenters. The van der Waals surface area contributed by atoms with Crippen molar-refractivity contribution in [2.24, 2.45) is 4.99 Å². The molecular weight excluding hydrogens is 471 g/mol. The lowest BCUT2D eigenvalue weighted by Crippen LogP contribution is -2.52. The van der Waals surface area contributed by atoms with Gasteiger partial charge in [0.2, 0.25) is 0 Å². The summed E-state index contributed by atoms with van der Waals surface area (Å²) in [7, 11) is 4.04. The molecule has 0 amide bonds. The zero-order valence-corrected chi connectivity index (χ0v) is 19.4. The lowest BCUT2D eigenvalue weighted by Gasteiger charge is -2.37. The summed E-state index contributed by atoms with van der Waals surface area (Å²) in [5.41, 5.74) is 1.14.